The lowest BCUT2D eigenvalue weighted by molar-refractivity contribution is 0.268. The van der Waals surface area contributed by atoms with Crippen molar-refractivity contribution in [3.8, 4) is 0 Å². The Bertz CT molecular complexity index is 435. The van der Waals surface area contributed by atoms with Crippen LogP contribution in [0.15, 0.2) is 17.0 Å². The summed E-state index contributed by atoms with van der Waals surface area (Å²) < 4.78 is 47.3. The van der Waals surface area contributed by atoms with Gasteiger partial charge in [-0.2, -0.15) is 0 Å². The standard InChI is InChI=1S/C7H7F2NO3S/c8-6-1-4(14(10,12)13)2-7(9)5(6)3-11/h1-2,11H,3H2,(H2,10,12,13). The molecular formula is C7H7F2NO3S. The summed E-state index contributed by atoms with van der Waals surface area (Å²) in [6, 6.07) is 1.12. The number of halogens is 2. The Hall–Kier alpha value is -1.05. The van der Waals surface area contributed by atoms with E-state index in [2.05, 4.69) is 5.14 Å². The summed E-state index contributed by atoms with van der Waals surface area (Å²) in [5, 5.41) is 13.2. The molecule has 1 rings (SSSR count). The normalized spacial score (nSPS) is 11.7. The van der Waals surface area contributed by atoms with Crippen LogP contribution in [0.1, 0.15) is 5.56 Å². The van der Waals surface area contributed by atoms with Crippen molar-refractivity contribution in [2.75, 3.05) is 0 Å². The van der Waals surface area contributed by atoms with Crippen molar-refractivity contribution < 1.29 is 22.3 Å². The van der Waals surface area contributed by atoms with E-state index in [4.69, 9.17) is 5.11 Å². The van der Waals surface area contributed by atoms with E-state index < -0.39 is 38.7 Å². The van der Waals surface area contributed by atoms with Crippen LogP contribution in [0.4, 0.5) is 8.78 Å². The third-order valence-electron chi connectivity index (χ3n) is 1.60. The number of benzene rings is 1. The van der Waals surface area contributed by atoms with Crippen molar-refractivity contribution in [3.05, 3.63) is 29.3 Å². The molecule has 78 valence electrons. The predicted octanol–water partition coefficient (Wildman–Crippen LogP) is 0.105. The number of hydrogen-bond donors (Lipinski definition) is 2. The molecule has 0 heterocycles. The summed E-state index contributed by atoms with van der Waals surface area (Å²) in [5.41, 5.74) is -0.586. The van der Waals surface area contributed by atoms with Gasteiger partial charge in [0.05, 0.1) is 11.5 Å². The van der Waals surface area contributed by atoms with Crippen LogP contribution in [0.25, 0.3) is 0 Å². The number of nitrogens with two attached hydrogens (primary N) is 1. The minimum Gasteiger partial charge on any atom is -0.391 e. The quantitative estimate of drug-likeness (QED) is 0.746. The molecule has 0 aliphatic heterocycles. The SMILES string of the molecule is NS(=O)(=O)c1cc(F)c(CO)c(F)c1. The average Bonchev–Trinajstić information content (AvgIpc) is 2.01. The van der Waals surface area contributed by atoms with Gasteiger partial charge < -0.3 is 5.11 Å². The molecular weight excluding hydrogens is 216 g/mol. The number of primary sulfonamides is 1. The van der Waals surface area contributed by atoms with Gasteiger partial charge in [0.25, 0.3) is 0 Å². The molecule has 0 aliphatic rings. The maximum absolute atomic E-state index is 12.9. The molecule has 1 aromatic carbocycles. The van der Waals surface area contributed by atoms with Crippen LogP contribution in [0, 0.1) is 11.6 Å². The van der Waals surface area contributed by atoms with Crippen molar-refractivity contribution in [1.29, 1.82) is 0 Å². The molecule has 0 bridgehead atoms. The van der Waals surface area contributed by atoms with Crippen LogP contribution < -0.4 is 5.14 Å². The lowest BCUT2D eigenvalue weighted by Gasteiger charge is -2.03. The Morgan fingerprint density at radius 1 is 1.29 bits per heavy atom. The molecule has 4 nitrogen and oxygen atoms in total. The summed E-state index contributed by atoms with van der Waals surface area (Å²) in [5.74, 6) is -2.28. The van der Waals surface area contributed by atoms with Gasteiger partial charge in [-0.15, -0.1) is 0 Å². The van der Waals surface area contributed by atoms with E-state index in [-0.39, 0.29) is 0 Å². The smallest absolute Gasteiger partial charge is 0.238 e. The molecule has 1 aromatic rings. The van der Waals surface area contributed by atoms with Gasteiger partial charge in [-0.1, -0.05) is 0 Å². The molecule has 7 heteroatoms. The van der Waals surface area contributed by atoms with Gasteiger partial charge in [-0.3, -0.25) is 0 Å². The van der Waals surface area contributed by atoms with Crippen molar-refractivity contribution in [1.82, 2.24) is 0 Å². The van der Waals surface area contributed by atoms with E-state index in [1.54, 1.807) is 0 Å². The lowest BCUT2D eigenvalue weighted by Crippen LogP contribution is -2.13. The minimum atomic E-state index is -4.13. The first kappa shape index (κ1) is 11.0. The molecule has 0 aliphatic carbocycles. The van der Waals surface area contributed by atoms with Crippen molar-refractivity contribution in [3.63, 3.8) is 0 Å². The zero-order chi connectivity index (χ0) is 10.9. The Morgan fingerprint density at radius 2 is 1.71 bits per heavy atom. The highest BCUT2D eigenvalue weighted by molar-refractivity contribution is 7.89. The van der Waals surface area contributed by atoms with E-state index in [0.29, 0.717) is 12.1 Å². The largest absolute Gasteiger partial charge is 0.391 e. The third kappa shape index (κ3) is 2.06. The van der Waals surface area contributed by atoms with E-state index >= 15 is 0 Å². The monoisotopic (exact) mass is 223 g/mol. The van der Waals surface area contributed by atoms with Crippen LogP contribution in [0.3, 0.4) is 0 Å². The second-order valence-electron chi connectivity index (χ2n) is 2.57. The first-order valence-electron chi connectivity index (χ1n) is 3.48. The number of aliphatic hydroxyl groups excluding tert-OH is 1. The Balaban J connectivity index is 3.43. The van der Waals surface area contributed by atoms with E-state index in [9.17, 15) is 17.2 Å². The van der Waals surface area contributed by atoms with Crippen LogP contribution in [0.2, 0.25) is 0 Å². The number of sulfonamides is 1. The van der Waals surface area contributed by atoms with Gasteiger partial charge in [-0.25, -0.2) is 22.3 Å². The molecule has 14 heavy (non-hydrogen) atoms. The molecule has 0 atom stereocenters. The third-order valence-corrected chi connectivity index (χ3v) is 2.49. The summed E-state index contributed by atoms with van der Waals surface area (Å²) in [7, 11) is -4.13. The molecule has 0 amide bonds. The van der Waals surface area contributed by atoms with Gasteiger partial charge in [0.2, 0.25) is 10.0 Å². The minimum absolute atomic E-state index is 0.559. The average molecular weight is 223 g/mol. The highest BCUT2D eigenvalue weighted by atomic mass is 32.2. The highest BCUT2D eigenvalue weighted by Gasteiger charge is 2.15. The Morgan fingerprint density at radius 3 is 2.00 bits per heavy atom. The molecule has 0 unspecified atom stereocenters. The first-order valence-corrected chi connectivity index (χ1v) is 5.02. The van der Waals surface area contributed by atoms with Gasteiger partial charge in [0.15, 0.2) is 0 Å². The summed E-state index contributed by atoms with van der Waals surface area (Å²) in [4.78, 5) is -0.662. The zero-order valence-electron chi connectivity index (χ0n) is 6.87. The van der Waals surface area contributed by atoms with Crippen LogP contribution in [0.5, 0.6) is 0 Å². The lowest BCUT2D eigenvalue weighted by atomic mass is 10.2. The molecule has 0 spiro atoms. The Labute approximate surface area is 79.0 Å². The fraction of sp³-hybridized carbons (Fsp3) is 0.143. The highest BCUT2D eigenvalue weighted by Crippen LogP contribution is 2.17. The summed E-state index contributed by atoms with van der Waals surface area (Å²) in [6.07, 6.45) is 0. The molecule has 0 saturated carbocycles. The van der Waals surface area contributed by atoms with Gasteiger partial charge >= 0.3 is 0 Å². The van der Waals surface area contributed by atoms with Crippen LogP contribution >= 0.6 is 0 Å². The van der Waals surface area contributed by atoms with Crippen LogP contribution in [-0.4, -0.2) is 13.5 Å². The molecule has 0 radical (unpaired) electrons. The van der Waals surface area contributed by atoms with Crippen molar-refractivity contribution in [2.45, 2.75) is 11.5 Å². The fourth-order valence-electron chi connectivity index (χ4n) is 0.895. The maximum Gasteiger partial charge on any atom is 0.238 e. The second-order valence-corrected chi connectivity index (χ2v) is 4.13. The topological polar surface area (TPSA) is 80.4 Å². The van der Waals surface area contributed by atoms with Gasteiger partial charge in [-0.05, 0) is 12.1 Å². The van der Waals surface area contributed by atoms with Gasteiger partial charge in [0, 0.05) is 5.56 Å². The fourth-order valence-corrected chi connectivity index (χ4v) is 1.43. The summed E-state index contributed by atoms with van der Waals surface area (Å²) >= 11 is 0. The number of aliphatic hydroxyl groups is 1. The molecule has 0 aromatic heterocycles. The number of hydrogen-bond acceptors (Lipinski definition) is 3. The van der Waals surface area contributed by atoms with E-state index in [1.165, 1.54) is 0 Å². The first-order chi connectivity index (χ1) is 6.36. The van der Waals surface area contributed by atoms with Crippen molar-refractivity contribution in [2.24, 2.45) is 5.14 Å². The second kappa shape index (κ2) is 3.60. The molecule has 3 N–H and O–H groups in total. The van der Waals surface area contributed by atoms with E-state index in [0.717, 1.165) is 0 Å². The zero-order valence-corrected chi connectivity index (χ0v) is 7.68. The summed E-state index contributed by atoms with van der Waals surface area (Å²) in [6.45, 7) is -0.845. The van der Waals surface area contributed by atoms with Crippen molar-refractivity contribution >= 4 is 10.0 Å². The molecule has 0 fully saturated rings. The number of rotatable bonds is 2. The maximum atomic E-state index is 12.9. The predicted molar refractivity (Wildman–Crippen MR) is 43.7 cm³/mol. The van der Waals surface area contributed by atoms with E-state index in [1.807, 2.05) is 0 Å². The van der Waals surface area contributed by atoms with Gasteiger partial charge in [0.1, 0.15) is 11.6 Å². The Kier molecular flexibility index (Phi) is 2.84. The molecule has 0 saturated heterocycles. The van der Waals surface area contributed by atoms with Crippen LogP contribution in [-0.2, 0) is 16.6 Å².